The Morgan fingerprint density at radius 1 is 1.56 bits per heavy atom. The maximum absolute atomic E-state index is 11.7. The maximum Gasteiger partial charge on any atom is 0.164 e. The molecule has 3 heteroatoms. The van der Waals surface area contributed by atoms with E-state index in [9.17, 15) is 4.79 Å². The number of carbonyl (C=O) groups is 1. The molecule has 1 aliphatic heterocycles. The third-order valence-corrected chi connectivity index (χ3v) is 3.52. The average molecular weight is 249 g/mol. The number of rotatable bonds is 7. The fourth-order valence-corrected chi connectivity index (χ4v) is 2.49. The minimum Gasteiger partial charge on any atom is -0.378 e. The van der Waals surface area contributed by atoms with Crippen molar-refractivity contribution in [3.63, 3.8) is 0 Å². The Labute approximate surface area is 109 Å². The van der Waals surface area contributed by atoms with Crippen LogP contribution in [0.15, 0.2) is 18.5 Å². The number of aryl methyl sites for hydroxylation is 1. The Morgan fingerprint density at radius 2 is 2.44 bits per heavy atom. The van der Waals surface area contributed by atoms with Crippen LogP contribution in [-0.2, 0) is 11.3 Å². The van der Waals surface area contributed by atoms with Gasteiger partial charge in [0.1, 0.15) is 0 Å². The van der Waals surface area contributed by atoms with Crippen molar-refractivity contribution >= 4 is 5.78 Å². The van der Waals surface area contributed by atoms with Gasteiger partial charge in [-0.2, -0.15) is 0 Å². The van der Waals surface area contributed by atoms with E-state index in [1.54, 1.807) is 0 Å². The lowest BCUT2D eigenvalue weighted by molar-refractivity contribution is 0.0980. The summed E-state index contributed by atoms with van der Waals surface area (Å²) in [5.74, 6) is 0.260. The monoisotopic (exact) mass is 249 g/mol. The van der Waals surface area contributed by atoms with Crippen molar-refractivity contribution in [1.82, 2.24) is 4.57 Å². The Hall–Kier alpha value is -1.09. The van der Waals surface area contributed by atoms with Crippen LogP contribution >= 0.6 is 0 Å². The zero-order valence-electron chi connectivity index (χ0n) is 11.2. The van der Waals surface area contributed by atoms with E-state index in [2.05, 4.69) is 4.57 Å². The zero-order valence-corrected chi connectivity index (χ0v) is 11.2. The second kappa shape index (κ2) is 6.74. The highest BCUT2D eigenvalue weighted by Gasteiger charge is 2.14. The molecule has 1 atom stereocenters. The minimum atomic E-state index is 0.260. The summed E-state index contributed by atoms with van der Waals surface area (Å²) in [6.07, 6.45) is 10.7. The molecule has 0 spiro atoms. The number of hydrogen-bond donors (Lipinski definition) is 0. The average Bonchev–Trinajstić information content (AvgIpc) is 3.00. The van der Waals surface area contributed by atoms with Crippen LogP contribution in [0.4, 0.5) is 0 Å². The number of aromatic nitrogens is 1. The summed E-state index contributed by atoms with van der Waals surface area (Å²) in [5.41, 5.74) is 0.856. The standard InChI is InChI=1S/C15H23NO2/c1-2-5-15(17)13-8-10-16(12-13)9-3-6-14-7-4-11-18-14/h8,10,12,14H,2-7,9,11H2,1H3. The lowest BCUT2D eigenvalue weighted by Gasteiger charge is -2.09. The van der Waals surface area contributed by atoms with E-state index in [-0.39, 0.29) is 5.78 Å². The first-order valence-electron chi connectivity index (χ1n) is 7.10. The van der Waals surface area contributed by atoms with Crippen molar-refractivity contribution < 1.29 is 9.53 Å². The zero-order chi connectivity index (χ0) is 12.8. The molecule has 0 N–H and O–H groups in total. The van der Waals surface area contributed by atoms with Gasteiger partial charge in [-0.05, 0) is 38.2 Å². The molecule has 3 nitrogen and oxygen atoms in total. The molecule has 0 radical (unpaired) electrons. The van der Waals surface area contributed by atoms with Gasteiger partial charge < -0.3 is 9.30 Å². The molecule has 0 aliphatic carbocycles. The van der Waals surface area contributed by atoms with Crippen LogP contribution in [0.5, 0.6) is 0 Å². The van der Waals surface area contributed by atoms with Gasteiger partial charge in [-0.1, -0.05) is 6.92 Å². The highest BCUT2D eigenvalue weighted by Crippen LogP contribution is 2.17. The molecule has 2 rings (SSSR count). The van der Waals surface area contributed by atoms with Crippen LogP contribution in [0.25, 0.3) is 0 Å². The predicted octanol–water partition coefficient (Wildman–Crippen LogP) is 3.43. The van der Waals surface area contributed by atoms with Crippen LogP contribution in [0.1, 0.15) is 55.8 Å². The number of Topliss-reactive ketones (excluding diaryl/α,β-unsaturated/α-hetero) is 1. The molecule has 18 heavy (non-hydrogen) atoms. The van der Waals surface area contributed by atoms with Gasteiger partial charge in [0.15, 0.2) is 5.78 Å². The molecule has 1 saturated heterocycles. The SMILES string of the molecule is CCCC(=O)c1ccn(CCCC2CCCO2)c1. The van der Waals surface area contributed by atoms with Crippen molar-refractivity contribution in [3.8, 4) is 0 Å². The molecule has 100 valence electrons. The van der Waals surface area contributed by atoms with Crippen LogP contribution in [-0.4, -0.2) is 23.1 Å². The normalized spacial score (nSPS) is 19.3. The molecular weight excluding hydrogens is 226 g/mol. The van der Waals surface area contributed by atoms with Gasteiger partial charge in [0.2, 0.25) is 0 Å². The first kappa shape index (κ1) is 13.3. The summed E-state index contributed by atoms with van der Waals surface area (Å²) in [5, 5.41) is 0. The summed E-state index contributed by atoms with van der Waals surface area (Å²) in [7, 11) is 0. The van der Waals surface area contributed by atoms with Crippen LogP contribution < -0.4 is 0 Å². The largest absolute Gasteiger partial charge is 0.378 e. The summed E-state index contributed by atoms with van der Waals surface area (Å²) >= 11 is 0. The van der Waals surface area contributed by atoms with Crippen molar-refractivity contribution in [2.75, 3.05) is 6.61 Å². The van der Waals surface area contributed by atoms with Crippen molar-refractivity contribution in [2.45, 2.75) is 58.1 Å². The van der Waals surface area contributed by atoms with E-state index in [1.165, 1.54) is 12.8 Å². The number of nitrogens with zero attached hydrogens (tertiary/aromatic N) is 1. The van der Waals surface area contributed by atoms with E-state index >= 15 is 0 Å². The number of carbonyl (C=O) groups excluding carboxylic acids is 1. The van der Waals surface area contributed by atoms with E-state index in [1.807, 2.05) is 25.4 Å². The molecular formula is C15H23NO2. The molecule has 0 aromatic carbocycles. The lowest BCUT2D eigenvalue weighted by Crippen LogP contribution is -2.06. The smallest absolute Gasteiger partial charge is 0.164 e. The highest BCUT2D eigenvalue weighted by molar-refractivity contribution is 5.95. The quantitative estimate of drug-likeness (QED) is 0.693. The third-order valence-electron chi connectivity index (χ3n) is 3.52. The second-order valence-electron chi connectivity index (χ2n) is 5.09. The lowest BCUT2D eigenvalue weighted by atomic mass is 10.1. The predicted molar refractivity (Wildman–Crippen MR) is 71.9 cm³/mol. The molecule has 0 amide bonds. The van der Waals surface area contributed by atoms with Crippen molar-refractivity contribution in [2.24, 2.45) is 0 Å². The Bertz CT molecular complexity index is 378. The van der Waals surface area contributed by atoms with E-state index < -0.39 is 0 Å². The van der Waals surface area contributed by atoms with Crippen LogP contribution in [0.3, 0.4) is 0 Å². The molecule has 1 aliphatic rings. The summed E-state index contributed by atoms with van der Waals surface area (Å²) < 4.78 is 7.73. The fourth-order valence-electron chi connectivity index (χ4n) is 2.49. The number of hydrogen-bond acceptors (Lipinski definition) is 2. The van der Waals surface area contributed by atoms with E-state index in [0.29, 0.717) is 12.5 Å². The molecule has 0 bridgehead atoms. The molecule has 1 aromatic rings. The van der Waals surface area contributed by atoms with Gasteiger partial charge in [0, 0.05) is 37.5 Å². The Balaban J connectivity index is 1.74. The molecule has 2 heterocycles. The minimum absolute atomic E-state index is 0.260. The van der Waals surface area contributed by atoms with Gasteiger partial charge in [-0.15, -0.1) is 0 Å². The first-order valence-corrected chi connectivity index (χ1v) is 7.10. The highest BCUT2D eigenvalue weighted by atomic mass is 16.5. The summed E-state index contributed by atoms with van der Waals surface area (Å²) in [6.45, 7) is 3.96. The van der Waals surface area contributed by atoms with Crippen molar-refractivity contribution in [3.05, 3.63) is 24.0 Å². The number of ether oxygens (including phenoxy) is 1. The Morgan fingerprint density at radius 3 is 3.17 bits per heavy atom. The topological polar surface area (TPSA) is 31.2 Å². The van der Waals surface area contributed by atoms with Crippen LogP contribution in [0, 0.1) is 0 Å². The fraction of sp³-hybridized carbons (Fsp3) is 0.667. The van der Waals surface area contributed by atoms with Gasteiger partial charge in [0.05, 0.1) is 6.10 Å². The summed E-state index contributed by atoms with van der Waals surface area (Å²) in [4.78, 5) is 11.7. The number of ketones is 1. The van der Waals surface area contributed by atoms with Gasteiger partial charge in [-0.3, -0.25) is 4.79 Å². The third kappa shape index (κ3) is 3.70. The molecule has 1 fully saturated rings. The first-order chi connectivity index (χ1) is 8.79. The van der Waals surface area contributed by atoms with Gasteiger partial charge in [0.25, 0.3) is 0 Å². The van der Waals surface area contributed by atoms with E-state index in [4.69, 9.17) is 4.74 Å². The second-order valence-corrected chi connectivity index (χ2v) is 5.09. The van der Waals surface area contributed by atoms with Gasteiger partial charge >= 0.3 is 0 Å². The molecule has 1 aromatic heterocycles. The molecule has 1 unspecified atom stereocenters. The van der Waals surface area contributed by atoms with Crippen LogP contribution in [0.2, 0.25) is 0 Å². The summed E-state index contributed by atoms with van der Waals surface area (Å²) in [6, 6.07) is 1.93. The van der Waals surface area contributed by atoms with Crippen molar-refractivity contribution in [1.29, 1.82) is 0 Å². The Kier molecular flexibility index (Phi) is 5.00. The maximum atomic E-state index is 11.7. The van der Waals surface area contributed by atoms with E-state index in [0.717, 1.165) is 38.0 Å². The molecule has 0 saturated carbocycles. The van der Waals surface area contributed by atoms with Gasteiger partial charge in [-0.25, -0.2) is 0 Å².